The number of nitrogens with two attached hydrogens (primary N) is 1. The minimum absolute atomic E-state index is 0.0374. The van der Waals surface area contributed by atoms with Crippen molar-refractivity contribution < 1.29 is 14.0 Å². The van der Waals surface area contributed by atoms with Crippen molar-refractivity contribution >= 4 is 17.5 Å². The quantitative estimate of drug-likeness (QED) is 0.411. The lowest BCUT2D eigenvalue weighted by Crippen LogP contribution is -2.62. The van der Waals surface area contributed by atoms with Crippen LogP contribution in [0.15, 0.2) is 42.0 Å². The van der Waals surface area contributed by atoms with Crippen LogP contribution < -0.4 is 16.4 Å². The predicted octanol–water partition coefficient (Wildman–Crippen LogP) is 1.26. The van der Waals surface area contributed by atoms with E-state index in [4.69, 9.17) is 5.73 Å². The highest BCUT2D eigenvalue weighted by molar-refractivity contribution is 5.97. The summed E-state index contributed by atoms with van der Waals surface area (Å²) in [5.74, 6) is -1.72. The number of pyridine rings is 2. The molecule has 0 radical (unpaired) electrons. The number of nitroso groups, excluding NO2 is 1. The average Bonchev–Trinajstić information content (AvgIpc) is 2.94. The molecule has 0 aliphatic carbocycles. The second-order valence-corrected chi connectivity index (χ2v) is 10.8. The Balaban J connectivity index is 1.28. The number of aromatic nitrogens is 2. The molecule has 0 spiro atoms. The van der Waals surface area contributed by atoms with E-state index in [1.54, 1.807) is 42.5 Å². The molecule has 0 saturated carbocycles. The maximum atomic E-state index is 13.8. The van der Waals surface area contributed by atoms with Gasteiger partial charge in [-0.2, -0.15) is 0 Å². The van der Waals surface area contributed by atoms with E-state index in [1.807, 2.05) is 4.90 Å². The monoisotopic (exact) mass is 553 g/mol. The Bertz CT molecular complexity index is 1200. The van der Waals surface area contributed by atoms with Gasteiger partial charge in [0.2, 0.25) is 5.91 Å². The molecule has 3 fully saturated rings. The number of rotatable bonds is 8. The van der Waals surface area contributed by atoms with Crippen LogP contribution >= 0.6 is 0 Å². The zero-order valence-electron chi connectivity index (χ0n) is 22.6. The normalized spacial score (nSPS) is 24.1. The zero-order valence-corrected chi connectivity index (χ0v) is 22.6. The summed E-state index contributed by atoms with van der Waals surface area (Å²) in [6, 6.07) is 5.76. The number of anilines is 1. The zero-order chi connectivity index (χ0) is 28.2. The Morgan fingerprint density at radius 1 is 1.18 bits per heavy atom. The first-order chi connectivity index (χ1) is 19.4. The molecule has 3 aliphatic heterocycles. The van der Waals surface area contributed by atoms with E-state index in [-0.39, 0.29) is 19.0 Å². The highest BCUT2D eigenvalue weighted by Gasteiger charge is 2.40. The fraction of sp³-hybridized carbons (Fsp3) is 0.556. The molecule has 4 N–H and O–H groups in total. The molecular weight excluding hydrogens is 517 g/mol. The summed E-state index contributed by atoms with van der Waals surface area (Å²) in [5.41, 5.74) is 7.98. The number of carbonyl (C=O) groups excluding carboxylic acids is 2. The van der Waals surface area contributed by atoms with Gasteiger partial charge in [-0.15, -0.1) is 4.91 Å². The van der Waals surface area contributed by atoms with Crippen LogP contribution in [0.3, 0.4) is 0 Å². The molecule has 0 aromatic carbocycles. The Kier molecular flexibility index (Phi) is 8.74. The van der Waals surface area contributed by atoms with Gasteiger partial charge >= 0.3 is 0 Å². The van der Waals surface area contributed by atoms with Crippen LogP contribution in [-0.4, -0.2) is 107 Å². The van der Waals surface area contributed by atoms with E-state index in [1.165, 1.54) is 12.6 Å². The van der Waals surface area contributed by atoms with Gasteiger partial charge < -0.3 is 20.9 Å². The number of carbonyl (C=O) groups is 2. The third-order valence-electron chi connectivity index (χ3n) is 8.17. The van der Waals surface area contributed by atoms with Crippen molar-refractivity contribution in [1.82, 2.24) is 30.0 Å². The lowest BCUT2D eigenvalue weighted by atomic mass is 9.98. The fourth-order valence-corrected chi connectivity index (χ4v) is 5.79. The highest BCUT2D eigenvalue weighted by Crippen LogP contribution is 2.29. The van der Waals surface area contributed by atoms with Gasteiger partial charge in [0.25, 0.3) is 5.91 Å². The molecule has 40 heavy (non-hydrogen) atoms. The van der Waals surface area contributed by atoms with E-state index in [0.29, 0.717) is 28.6 Å². The van der Waals surface area contributed by atoms with E-state index in [9.17, 15) is 18.9 Å². The van der Waals surface area contributed by atoms with Crippen molar-refractivity contribution in [2.45, 2.75) is 43.8 Å². The standard InChI is InChI=1S/C27H36FN9O3/c1-35-16-18(28)14-32-25(35)23(24(29)34-40)26(38)33-22-15-30-8-5-20(22)17-3-4-21(31-13-17)27(39)37-11-6-19(7-12-37)36-9-2-10-36/h3-5,8,13,15,18-19,23-25,32H,2,6-7,9-12,14,16,29H2,1H3,(H,33,38). The van der Waals surface area contributed by atoms with E-state index in [2.05, 4.69) is 30.7 Å². The Labute approximate surface area is 232 Å². The number of alkyl halides is 1. The van der Waals surface area contributed by atoms with Crippen LogP contribution in [-0.2, 0) is 4.79 Å². The first-order valence-electron chi connectivity index (χ1n) is 13.8. The molecule has 2 aromatic heterocycles. The average molecular weight is 554 g/mol. The van der Waals surface area contributed by atoms with Gasteiger partial charge in [0.05, 0.1) is 18.1 Å². The molecule has 2 aromatic rings. The van der Waals surface area contributed by atoms with Gasteiger partial charge in [0, 0.05) is 55.7 Å². The number of hydrogen-bond acceptors (Lipinski definition) is 10. The van der Waals surface area contributed by atoms with Crippen LogP contribution in [0.25, 0.3) is 11.1 Å². The number of likely N-dealkylation sites (tertiary alicyclic amines) is 2. The number of amides is 2. The second kappa shape index (κ2) is 12.4. The highest BCUT2D eigenvalue weighted by atomic mass is 19.1. The number of halogens is 1. The van der Waals surface area contributed by atoms with Gasteiger partial charge in [0.1, 0.15) is 17.8 Å². The summed E-state index contributed by atoms with van der Waals surface area (Å²) in [4.78, 5) is 52.3. The van der Waals surface area contributed by atoms with Crippen molar-refractivity contribution in [2.24, 2.45) is 16.8 Å². The molecule has 5 heterocycles. The van der Waals surface area contributed by atoms with Gasteiger partial charge in [-0.05, 0) is 51.5 Å². The number of piperidine rings is 1. The maximum absolute atomic E-state index is 13.8. The lowest BCUT2D eigenvalue weighted by molar-refractivity contribution is -0.124. The first kappa shape index (κ1) is 28.1. The SMILES string of the molecule is CN1CC(F)CNC1C(C(=O)Nc1cnccc1-c1ccc(C(=O)N2CCC(N3CCC3)CC2)nc1)C(N)N=O. The van der Waals surface area contributed by atoms with Crippen molar-refractivity contribution in [2.75, 3.05) is 51.6 Å². The smallest absolute Gasteiger partial charge is 0.272 e. The summed E-state index contributed by atoms with van der Waals surface area (Å²) < 4.78 is 13.8. The van der Waals surface area contributed by atoms with E-state index >= 15 is 0 Å². The van der Waals surface area contributed by atoms with Gasteiger partial charge in [-0.25, -0.2) is 4.39 Å². The summed E-state index contributed by atoms with van der Waals surface area (Å²) in [6.07, 6.45) is 4.76. The maximum Gasteiger partial charge on any atom is 0.272 e. The number of hydrogen-bond donors (Lipinski definition) is 3. The second-order valence-electron chi connectivity index (χ2n) is 10.8. The Morgan fingerprint density at radius 3 is 2.58 bits per heavy atom. The molecule has 2 amide bonds. The molecule has 4 atom stereocenters. The van der Waals surface area contributed by atoms with Crippen LogP contribution in [0.2, 0.25) is 0 Å². The topological polar surface area (TPSA) is 149 Å². The van der Waals surface area contributed by atoms with Crippen LogP contribution in [0.1, 0.15) is 29.8 Å². The minimum atomic E-state index is -1.35. The van der Waals surface area contributed by atoms with Crippen molar-refractivity contribution in [1.29, 1.82) is 0 Å². The van der Waals surface area contributed by atoms with Crippen LogP contribution in [0.4, 0.5) is 10.1 Å². The third-order valence-corrected chi connectivity index (χ3v) is 8.17. The molecule has 5 rings (SSSR count). The van der Waals surface area contributed by atoms with E-state index < -0.39 is 30.3 Å². The summed E-state index contributed by atoms with van der Waals surface area (Å²) in [6.45, 7) is 3.90. The summed E-state index contributed by atoms with van der Waals surface area (Å²) in [5, 5.41) is 8.66. The van der Waals surface area contributed by atoms with Crippen molar-refractivity contribution in [3.63, 3.8) is 0 Å². The Morgan fingerprint density at radius 2 is 1.95 bits per heavy atom. The molecule has 3 saturated heterocycles. The molecule has 13 heteroatoms. The van der Waals surface area contributed by atoms with Crippen LogP contribution in [0, 0.1) is 10.8 Å². The summed E-state index contributed by atoms with van der Waals surface area (Å²) >= 11 is 0. The largest absolute Gasteiger partial charge is 0.337 e. The number of nitrogens with zero attached hydrogens (tertiary/aromatic N) is 6. The summed E-state index contributed by atoms with van der Waals surface area (Å²) in [7, 11) is 1.65. The number of nitrogens with one attached hydrogen (secondary N) is 2. The van der Waals surface area contributed by atoms with Gasteiger partial charge in [-0.1, -0.05) is 11.2 Å². The van der Waals surface area contributed by atoms with E-state index in [0.717, 1.165) is 39.0 Å². The molecule has 0 bridgehead atoms. The lowest BCUT2D eigenvalue weighted by Gasteiger charge is -2.42. The van der Waals surface area contributed by atoms with Crippen molar-refractivity contribution in [3.8, 4) is 11.1 Å². The Hall–Kier alpha value is -3.39. The minimum Gasteiger partial charge on any atom is -0.337 e. The van der Waals surface area contributed by atoms with Crippen molar-refractivity contribution in [3.05, 3.63) is 47.4 Å². The molecule has 214 valence electrons. The van der Waals surface area contributed by atoms with Crippen LogP contribution in [0.5, 0.6) is 0 Å². The van der Waals surface area contributed by atoms with Gasteiger partial charge in [-0.3, -0.25) is 29.8 Å². The van der Waals surface area contributed by atoms with Gasteiger partial charge in [0.15, 0.2) is 6.17 Å². The molecule has 4 unspecified atom stereocenters. The molecule has 3 aliphatic rings. The fourth-order valence-electron chi connectivity index (χ4n) is 5.79. The molecule has 12 nitrogen and oxygen atoms in total. The predicted molar refractivity (Wildman–Crippen MR) is 148 cm³/mol. The molecular formula is C27H36FN9O3. The first-order valence-corrected chi connectivity index (χ1v) is 13.8. The third kappa shape index (κ3) is 6.02.